The maximum absolute atomic E-state index is 11.8. The molecule has 0 aliphatic heterocycles. The lowest BCUT2D eigenvalue weighted by Crippen LogP contribution is -2.25. The van der Waals surface area contributed by atoms with E-state index in [1.807, 2.05) is 44.4 Å². The van der Waals surface area contributed by atoms with E-state index in [9.17, 15) is 15.2 Å². The summed E-state index contributed by atoms with van der Waals surface area (Å²) in [5.74, 6) is -0.784. The fraction of sp³-hybridized carbons (Fsp3) is 0.500. The second kappa shape index (κ2) is 8.62. The van der Waals surface area contributed by atoms with Crippen molar-refractivity contribution in [2.75, 3.05) is 6.61 Å². The van der Waals surface area contributed by atoms with E-state index < -0.39 is 18.1 Å². The summed E-state index contributed by atoms with van der Waals surface area (Å²) in [6.07, 6.45) is -0.497. The predicted octanol–water partition coefficient (Wildman–Crippen LogP) is 4.92. The lowest BCUT2D eigenvalue weighted by molar-refractivity contribution is -0.386. The lowest BCUT2D eigenvalue weighted by atomic mass is 9.81. The summed E-state index contributed by atoms with van der Waals surface area (Å²) < 4.78 is 5.86. The van der Waals surface area contributed by atoms with E-state index in [1.165, 1.54) is 0 Å². The van der Waals surface area contributed by atoms with E-state index in [0.717, 1.165) is 10.4 Å². The van der Waals surface area contributed by atoms with Gasteiger partial charge in [0, 0.05) is 28.8 Å². The topological polar surface area (TPSA) is 77.0 Å². The van der Waals surface area contributed by atoms with Crippen LogP contribution in [-0.4, -0.2) is 28.8 Å². The van der Waals surface area contributed by atoms with Crippen LogP contribution in [0.15, 0.2) is 35.7 Å². The SMILES string of the molecule is [C-]#[N+][C@@H]1C[C@@H](O)C(c2ccc(C(C)(C)C)cc2[N+](=O)[O-])C1COCc1cccs1. The first kappa shape index (κ1) is 21.4. The van der Waals surface area contributed by atoms with E-state index in [4.69, 9.17) is 11.3 Å². The summed E-state index contributed by atoms with van der Waals surface area (Å²) in [4.78, 5) is 16.2. The van der Waals surface area contributed by atoms with Crippen molar-refractivity contribution in [3.05, 3.63) is 73.2 Å². The Kier molecular flexibility index (Phi) is 6.37. The summed E-state index contributed by atoms with van der Waals surface area (Å²) in [6.45, 7) is 14.3. The second-order valence-electron chi connectivity index (χ2n) is 8.56. The van der Waals surface area contributed by atoms with Crippen LogP contribution in [0.3, 0.4) is 0 Å². The summed E-state index contributed by atoms with van der Waals surface area (Å²) in [7, 11) is 0. The van der Waals surface area contributed by atoms with Gasteiger partial charge in [0.25, 0.3) is 5.69 Å². The van der Waals surface area contributed by atoms with Gasteiger partial charge in [-0.3, -0.25) is 10.1 Å². The van der Waals surface area contributed by atoms with Crippen LogP contribution in [0.5, 0.6) is 0 Å². The number of thiophene rings is 1. The molecule has 1 N–H and O–H groups in total. The highest BCUT2D eigenvalue weighted by Crippen LogP contribution is 2.45. The molecule has 2 unspecified atom stereocenters. The molecule has 6 nitrogen and oxygen atoms in total. The molecular formula is C22H26N2O4S. The molecule has 1 aromatic heterocycles. The number of nitro benzene ring substituents is 1. The Morgan fingerprint density at radius 2 is 2.14 bits per heavy atom. The second-order valence-corrected chi connectivity index (χ2v) is 9.60. The third-order valence-electron chi connectivity index (χ3n) is 5.61. The number of hydrogen-bond acceptors (Lipinski definition) is 5. The Bertz CT molecular complexity index is 899. The first-order valence-corrected chi connectivity index (χ1v) is 10.5. The van der Waals surface area contributed by atoms with E-state index in [0.29, 0.717) is 18.6 Å². The molecule has 0 amide bonds. The number of ether oxygens (including phenoxy) is 1. The molecule has 0 spiro atoms. The van der Waals surface area contributed by atoms with Gasteiger partial charge in [0.2, 0.25) is 6.04 Å². The summed E-state index contributed by atoms with van der Waals surface area (Å²) >= 11 is 1.60. The third kappa shape index (κ3) is 4.67. The van der Waals surface area contributed by atoms with Crippen LogP contribution in [0.2, 0.25) is 0 Å². The maximum Gasteiger partial charge on any atom is 0.273 e. The molecule has 3 rings (SSSR count). The molecule has 1 heterocycles. The van der Waals surface area contributed by atoms with Crippen LogP contribution in [-0.2, 0) is 16.8 Å². The minimum atomic E-state index is -0.802. The van der Waals surface area contributed by atoms with E-state index in [2.05, 4.69) is 4.85 Å². The third-order valence-corrected chi connectivity index (χ3v) is 6.46. The number of hydrogen-bond donors (Lipinski definition) is 1. The average Bonchev–Trinajstić information content (AvgIpc) is 3.28. The average molecular weight is 415 g/mol. The largest absolute Gasteiger partial charge is 0.392 e. The maximum atomic E-state index is 11.8. The van der Waals surface area contributed by atoms with Crippen molar-refractivity contribution in [3.8, 4) is 0 Å². The molecule has 0 saturated heterocycles. The molecule has 29 heavy (non-hydrogen) atoms. The molecule has 1 aromatic carbocycles. The zero-order valence-electron chi connectivity index (χ0n) is 16.9. The highest BCUT2D eigenvalue weighted by Gasteiger charge is 2.49. The van der Waals surface area contributed by atoms with Gasteiger partial charge in [0.05, 0.1) is 30.2 Å². The molecule has 154 valence electrons. The van der Waals surface area contributed by atoms with Crippen LogP contribution in [0.25, 0.3) is 4.85 Å². The van der Waals surface area contributed by atoms with Crippen molar-refractivity contribution in [2.24, 2.45) is 5.92 Å². The van der Waals surface area contributed by atoms with Crippen LogP contribution in [0.4, 0.5) is 5.69 Å². The molecular weight excluding hydrogens is 388 g/mol. The van der Waals surface area contributed by atoms with Gasteiger partial charge in [-0.15, -0.1) is 11.3 Å². The Labute approximate surface area is 175 Å². The number of rotatable bonds is 6. The van der Waals surface area contributed by atoms with E-state index in [1.54, 1.807) is 23.5 Å². The van der Waals surface area contributed by atoms with Crippen LogP contribution in [0, 0.1) is 22.6 Å². The standard InChI is InChI=1S/C22H26N2O4S/c1-22(2,3)14-7-8-16(19(10-14)24(26)27)21-17(18(23-4)11-20(21)25)13-28-12-15-6-5-9-29-15/h5-10,17-18,20-21,25H,11-13H2,1-3H3/t17?,18-,20-,21?/m1/s1. The van der Waals surface area contributed by atoms with Crippen LogP contribution >= 0.6 is 11.3 Å². The Morgan fingerprint density at radius 1 is 1.38 bits per heavy atom. The molecule has 1 saturated carbocycles. The van der Waals surface area contributed by atoms with Gasteiger partial charge in [0.1, 0.15) is 0 Å². The van der Waals surface area contributed by atoms with Gasteiger partial charge >= 0.3 is 0 Å². The monoisotopic (exact) mass is 414 g/mol. The zero-order chi connectivity index (χ0) is 21.2. The highest BCUT2D eigenvalue weighted by atomic mass is 32.1. The summed E-state index contributed by atoms with van der Waals surface area (Å²) in [5, 5.41) is 24.5. The predicted molar refractivity (Wildman–Crippen MR) is 113 cm³/mol. The molecule has 0 bridgehead atoms. The van der Waals surface area contributed by atoms with Crippen LogP contribution < -0.4 is 0 Å². The van der Waals surface area contributed by atoms with Crippen molar-refractivity contribution >= 4 is 17.0 Å². The summed E-state index contributed by atoms with van der Waals surface area (Å²) in [6, 6.07) is 8.77. The molecule has 7 heteroatoms. The van der Waals surface area contributed by atoms with Crippen molar-refractivity contribution < 1.29 is 14.8 Å². The number of aliphatic hydroxyl groups excluding tert-OH is 1. The minimum Gasteiger partial charge on any atom is -0.392 e. The van der Waals surface area contributed by atoms with Gasteiger partial charge < -0.3 is 14.7 Å². The Balaban J connectivity index is 1.91. The molecule has 4 atom stereocenters. The van der Waals surface area contributed by atoms with Gasteiger partial charge in [-0.25, -0.2) is 6.57 Å². The molecule has 1 aliphatic rings. The lowest BCUT2D eigenvalue weighted by Gasteiger charge is -2.24. The van der Waals surface area contributed by atoms with Crippen molar-refractivity contribution in [1.82, 2.24) is 0 Å². The van der Waals surface area contributed by atoms with Gasteiger partial charge in [-0.1, -0.05) is 39.0 Å². The van der Waals surface area contributed by atoms with Crippen LogP contribution in [0.1, 0.15) is 49.1 Å². The van der Waals surface area contributed by atoms with Crippen molar-refractivity contribution in [3.63, 3.8) is 0 Å². The first-order chi connectivity index (χ1) is 13.7. The number of benzene rings is 1. The zero-order valence-corrected chi connectivity index (χ0v) is 17.7. The Hall–Kier alpha value is -2.27. The summed E-state index contributed by atoms with van der Waals surface area (Å²) in [5.41, 5.74) is 1.15. The molecule has 2 aromatic rings. The fourth-order valence-corrected chi connectivity index (χ4v) is 4.68. The number of aliphatic hydroxyl groups is 1. The van der Waals surface area contributed by atoms with Gasteiger partial charge in [-0.05, 0) is 22.4 Å². The van der Waals surface area contributed by atoms with E-state index >= 15 is 0 Å². The molecule has 1 fully saturated rings. The highest BCUT2D eigenvalue weighted by molar-refractivity contribution is 7.09. The minimum absolute atomic E-state index is 0.00959. The van der Waals surface area contributed by atoms with Gasteiger partial charge in [0.15, 0.2) is 0 Å². The first-order valence-electron chi connectivity index (χ1n) is 9.66. The smallest absolute Gasteiger partial charge is 0.273 e. The number of nitro groups is 1. The molecule has 1 aliphatic carbocycles. The fourth-order valence-electron chi connectivity index (χ4n) is 4.04. The molecule has 0 radical (unpaired) electrons. The quantitative estimate of drug-likeness (QED) is 0.413. The normalized spacial score (nSPS) is 24.4. The van der Waals surface area contributed by atoms with Gasteiger partial charge in [-0.2, -0.15) is 0 Å². The van der Waals surface area contributed by atoms with Crippen molar-refractivity contribution in [1.29, 1.82) is 0 Å². The number of nitrogens with zero attached hydrogens (tertiary/aromatic N) is 2. The van der Waals surface area contributed by atoms with Crippen molar-refractivity contribution in [2.45, 2.75) is 57.3 Å². The Morgan fingerprint density at radius 3 is 2.72 bits per heavy atom. The van der Waals surface area contributed by atoms with E-state index in [-0.39, 0.29) is 28.6 Å².